The van der Waals surface area contributed by atoms with E-state index < -0.39 is 0 Å². The molecule has 1 fully saturated rings. The van der Waals surface area contributed by atoms with Gasteiger partial charge in [0.1, 0.15) is 0 Å². The van der Waals surface area contributed by atoms with Crippen LogP contribution >= 0.6 is 0 Å². The molecule has 0 bridgehead atoms. The van der Waals surface area contributed by atoms with Crippen molar-refractivity contribution in [3.8, 4) is 0 Å². The molecule has 0 spiro atoms. The van der Waals surface area contributed by atoms with E-state index in [9.17, 15) is 0 Å². The highest BCUT2D eigenvalue weighted by Crippen LogP contribution is 2.00. The summed E-state index contributed by atoms with van der Waals surface area (Å²) in [6.45, 7) is 8.03. The van der Waals surface area contributed by atoms with E-state index in [0.29, 0.717) is 6.04 Å². The Bertz CT molecular complexity index is 79.7. The third-order valence-electron chi connectivity index (χ3n) is 1.84. The molecule has 0 amide bonds. The molecule has 0 aromatic rings. The molecule has 0 radical (unpaired) electrons. The second-order valence-corrected chi connectivity index (χ2v) is 2.92. The Balaban J connectivity index is 0.000000810. The lowest BCUT2D eigenvalue weighted by atomic mass is 10.2. The van der Waals surface area contributed by atoms with Gasteiger partial charge in [0, 0.05) is 20.7 Å². The standard InChI is InChI=1S/C7H16N2.H2/c1-7(2)9-5-3-4-8-6-9;/h7-8H,3-6H2,1-2H3;1H. The average molecular weight is 130 g/mol. The zero-order valence-electron chi connectivity index (χ0n) is 6.35. The summed E-state index contributed by atoms with van der Waals surface area (Å²) in [5.74, 6) is 0. The lowest BCUT2D eigenvalue weighted by molar-refractivity contribution is 0.173. The minimum atomic E-state index is 0. The fourth-order valence-electron chi connectivity index (χ4n) is 1.15. The van der Waals surface area contributed by atoms with Crippen molar-refractivity contribution < 1.29 is 1.43 Å². The van der Waals surface area contributed by atoms with Gasteiger partial charge in [-0.15, -0.1) is 0 Å². The van der Waals surface area contributed by atoms with E-state index in [4.69, 9.17) is 0 Å². The summed E-state index contributed by atoms with van der Waals surface area (Å²) in [5, 5.41) is 3.34. The number of hydrogen-bond acceptors (Lipinski definition) is 2. The molecule has 2 heteroatoms. The predicted molar refractivity (Wildman–Crippen MR) is 41.4 cm³/mol. The Kier molecular flexibility index (Phi) is 2.49. The van der Waals surface area contributed by atoms with Gasteiger partial charge in [0.2, 0.25) is 0 Å². The van der Waals surface area contributed by atoms with Gasteiger partial charge in [-0.05, 0) is 26.8 Å². The summed E-state index contributed by atoms with van der Waals surface area (Å²) in [5.41, 5.74) is 0. The highest BCUT2D eigenvalue weighted by molar-refractivity contribution is 4.66. The van der Waals surface area contributed by atoms with Crippen LogP contribution in [0.4, 0.5) is 0 Å². The Labute approximate surface area is 58.7 Å². The molecule has 1 aliphatic rings. The van der Waals surface area contributed by atoms with E-state index in [1.165, 1.54) is 19.5 Å². The molecule has 0 saturated carbocycles. The first kappa shape index (κ1) is 7.03. The summed E-state index contributed by atoms with van der Waals surface area (Å²) in [6, 6.07) is 0.706. The van der Waals surface area contributed by atoms with Crippen molar-refractivity contribution in [3.63, 3.8) is 0 Å². The Morgan fingerprint density at radius 1 is 1.56 bits per heavy atom. The first-order valence-corrected chi connectivity index (χ1v) is 3.75. The zero-order valence-corrected chi connectivity index (χ0v) is 6.35. The van der Waals surface area contributed by atoms with Crippen molar-refractivity contribution in [1.82, 2.24) is 10.2 Å². The van der Waals surface area contributed by atoms with E-state index in [0.717, 1.165) is 6.67 Å². The van der Waals surface area contributed by atoms with Gasteiger partial charge in [-0.1, -0.05) is 0 Å². The van der Waals surface area contributed by atoms with E-state index in [-0.39, 0.29) is 1.43 Å². The van der Waals surface area contributed by atoms with Crippen molar-refractivity contribution >= 4 is 0 Å². The van der Waals surface area contributed by atoms with Crippen LogP contribution in [0.1, 0.15) is 21.7 Å². The van der Waals surface area contributed by atoms with Crippen molar-refractivity contribution in [2.24, 2.45) is 0 Å². The summed E-state index contributed by atoms with van der Waals surface area (Å²) in [6.07, 6.45) is 1.30. The molecule has 1 heterocycles. The van der Waals surface area contributed by atoms with Gasteiger partial charge in [-0.3, -0.25) is 4.90 Å². The molecule has 1 rings (SSSR count). The maximum absolute atomic E-state index is 3.34. The topological polar surface area (TPSA) is 15.3 Å². The summed E-state index contributed by atoms with van der Waals surface area (Å²) in [4.78, 5) is 2.45. The van der Waals surface area contributed by atoms with Crippen LogP contribution in [0.2, 0.25) is 0 Å². The Morgan fingerprint density at radius 3 is 2.67 bits per heavy atom. The molecule has 2 nitrogen and oxygen atoms in total. The highest BCUT2D eigenvalue weighted by Gasteiger charge is 2.10. The first-order chi connectivity index (χ1) is 4.30. The van der Waals surface area contributed by atoms with E-state index >= 15 is 0 Å². The fraction of sp³-hybridized carbons (Fsp3) is 1.00. The van der Waals surface area contributed by atoms with Crippen LogP contribution in [0.3, 0.4) is 0 Å². The van der Waals surface area contributed by atoms with Gasteiger partial charge in [-0.2, -0.15) is 0 Å². The predicted octanol–water partition coefficient (Wildman–Crippen LogP) is 0.894. The normalized spacial score (nSPS) is 23.0. The molecule has 1 N–H and O–H groups in total. The summed E-state index contributed by atoms with van der Waals surface area (Å²) in [7, 11) is 0. The number of nitrogens with zero attached hydrogens (tertiary/aromatic N) is 1. The smallest absolute Gasteiger partial charge is 0.0482 e. The largest absolute Gasteiger partial charge is 0.304 e. The van der Waals surface area contributed by atoms with Gasteiger partial charge >= 0.3 is 0 Å². The molecule has 1 aliphatic heterocycles. The van der Waals surface area contributed by atoms with Gasteiger partial charge < -0.3 is 5.32 Å². The minimum Gasteiger partial charge on any atom is -0.304 e. The van der Waals surface area contributed by atoms with Crippen molar-refractivity contribution in [3.05, 3.63) is 0 Å². The van der Waals surface area contributed by atoms with Gasteiger partial charge in [0.05, 0.1) is 0 Å². The first-order valence-electron chi connectivity index (χ1n) is 3.75. The molecule has 0 aromatic carbocycles. The van der Waals surface area contributed by atoms with Gasteiger partial charge in [-0.25, -0.2) is 0 Å². The van der Waals surface area contributed by atoms with Crippen molar-refractivity contribution in [2.75, 3.05) is 19.8 Å². The van der Waals surface area contributed by atoms with Crippen LogP contribution < -0.4 is 5.32 Å². The van der Waals surface area contributed by atoms with Crippen molar-refractivity contribution in [2.45, 2.75) is 26.3 Å². The molecule has 56 valence electrons. The second kappa shape index (κ2) is 3.18. The molecular weight excluding hydrogens is 112 g/mol. The summed E-state index contributed by atoms with van der Waals surface area (Å²) < 4.78 is 0. The number of hydrogen-bond donors (Lipinski definition) is 1. The van der Waals surface area contributed by atoms with Crippen LogP contribution in [0.5, 0.6) is 0 Å². The number of rotatable bonds is 1. The molecular formula is C7H18N2. The maximum Gasteiger partial charge on any atom is 0.0482 e. The molecule has 1 saturated heterocycles. The van der Waals surface area contributed by atoms with Crippen LogP contribution in [-0.4, -0.2) is 30.7 Å². The fourth-order valence-corrected chi connectivity index (χ4v) is 1.15. The summed E-state index contributed by atoms with van der Waals surface area (Å²) >= 11 is 0. The Morgan fingerprint density at radius 2 is 2.33 bits per heavy atom. The number of nitrogens with one attached hydrogen (secondary N) is 1. The SMILES string of the molecule is CC(C)N1CCCNC1.[HH]. The monoisotopic (exact) mass is 130 g/mol. The average Bonchev–Trinajstić information content (AvgIpc) is 1.90. The molecule has 0 unspecified atom stereocenters. The van der Waals surface area contributed by atoms with Crippen LogP contribution in [0, 0.1) is 0 Å². The lowest BCUT2D eigenvalue weighted by Crippen LogP contribution is -2.44. The van der Waals surface area contributed by atoms with Crippen LogP contribution in [0.25, 0.3) is 0 Å². The zero-order chi connectivity index (χ0) is 6.69. The minimum absolute atomic E-state index is 0. The van der Waals surface area contributed by atoms with Gasteiger partial charge in [0.25, 0.3) is 0 Å². The highest BCUT2D eigenvalue weighted by atomic mass is 15.3. The van der Waals surface area contributed by atoms with E-state index in [1.54, 1.807) is 0 Å². The molecule has 9 heavy (non-hydrogen) atoms. The molecule has 0 aromatic heterocycles. The van der Waals surface area contributed by atoms with Crippen molar-refractivity contribution in [1.29, 1.82) is 0 Å². The Hall–Kier alpha value is -0.0800. The second-order valence-electron chi connectivity index (χ2n) is 2.92. The molecule has 0 aliphatic carbocycles. The quantitative estimate of drug-likeness (QED) is 0.567. The lowest BCUT2D eigenvalue weighted by Gasteiger charge is -2.30. The van der Waals surface area contributed by atoms with Crippen LogP contribution in [-0.2, 0) is 0 Å². The van der Waals surface area contributed by atoms with E-state index in [1.807, 2.05) is 0 Å². The maximum atomic E-state index is 3.34. The van der Waals surface area contributed by atoms with Gasteiger partial charge in [0.15, 0.2) is 0 Å². The third-order valence-corrected chi connectivity index (χ3v) is 1.84. The third kappa shape index (κ3) is 1.95. The molecule has 0 atom stereocenters. The van der Waals surface area contributed by atoms with Crippen LogP contribution in [0.15, 0.2) is 0 Å². The van der Waals surface area contributed by atoms with E-state index in [2.05, 4.69) is 24.1 Å².